The monoisotopic (exact) mass is 348 g/mol. The third-order valence-corrected chi connectivity index (χ3v) is 3.38. The number of non-ortho nitro benzene ring substituents is 1. The number of nitrogens with zero attached hydrogens (tertiary/aromatic N) is 3. The Morgan fingerprint density at radius 3 is 2.58 bits per heavy atom. The fourth-order valence-corrected chi connectivity index (χ4v) is 2.06. The maximum absolute atomic E-state index is 12.3. The molecule has 2 rings (SSSR count). The van der Waals surface area contributed by atoms with E-state index in [0.717, 1.165) is 6.07 Å². The number of benzene rings is 1. The van der Waals surface area contributed by atoms with Crippen molar-refractivity contribution in [2.24, 2.45) is 0 Å². The number of nitrogens with one attached hydrogen (secondary N) is 1. The van der Waals surface area contributed by atoms with E-state index >= 15 is 0 Å². The van der Waals surface area contributed by atoms with Gasteiger partial charge < -0.3 is 10.2 Å². The molecule has 0 aliphatic carbocycles. The minimum absolute atomic E-state index is 0.0387. The van der Waals surface area contributed by atoms with Gasteiger partial charge in [-0.15, -0.1) is 0 Å². The maximum Gasteiger partial charge on any atom is 0.272 e. The first kappa shape index (κ1) is 17.4. The van der Waals surface area contributed by atoms with E-state index in [9.17, 15) is 19.7 Å². The first-order chi connectivity index (χ1) is 11.3. The number of amides is 2. The minimum atomic E-state index is -0.627. The molecule has 1 N–H and O–H groups in total. The standard InChI is InChI=1S/C15H13ClN4O4/c1-19(2)15(22)13-7-9(5-6-17-13)18-14(21)11-8-10(20(23)24)3-4-12(11)16/h3-8H,1-2H3,(H,17,18,21). The van der Waals surface area contributed by atoms with E-state index in [1.165, 1.54) is 35.4 Å². The number of pyridine rings is 1. The first-order valence-corrected chi connectivity index (χ1v) is 7.10. The molecule has 0 saturated heterocycles. The van der Waals surface area contributed by atoms with Gasteiger partial charge in [0.2, 0.25) is 0 Å². The van der Waals surface area contributed by atoms with Crippen molar-refractivity contribution >= 4 is 34.8 Å². The highest BCUT2D eigenvalue weighted by Gasteiger charge is 2.17. The molecule has 0 aliphatic heterocycles. The van der Waals surface area contributed by atoms with Crippen LogP contribution < -0.4 is 5.32 Å². The molecule has 8 nitrogen and oxygen atoms in total. The second-order valence-corrected chi connectivity index (χ2v) is 5.41. The van der Waals surface area contributed by atoms with Gasteiger partial charge in [-0.3, -0.25) is 24.7 Å². The summed E-state index contributed by atoms with van der Waals surface area (Å²) in [6.07, 6.45) is 1.38. The lowest BCUT2D eigenvalue weighted by Gasteiger charge is -2.11. The maximum atomic E-state index is 12.3. The van der Waals surface area contributed by atoms with Crippen LogP contribution in [-0.2, 0) is 0 Å². The van der Waals surface area contributed by atoms with Crippen LogP contribution in [0.25, 0.3) is 0 Å². The fourth-order valence-electron chi connectivity index (χ4n) is 1.85. The molecule has 2 amide bonds. The van der Waals surface area contributed by atoms with E-state index in [1.54, 1.807) is 14.1 Å². The summed E-state index contributed by atoms with van der Waals surface area (Å²) in [5, 5.41) is 13.4. The lowest BCUT2D eigenvalue weighted by molar-refractivity contribution is -0.384. The zero-order chi connectivity index (χ0) is 17.9. The van der Waals surface area contributed by atoms with Gasteiger partial charge in [-0.2, -0.15) is 0 Å². The summed E-state index contributed by atoms with van der Waals surface area (Å²) in [5.74, 6) is -0.947. The van der Waals surface area contributed by atoms with E-state index in [0.29, 0.717) is 5.69 Å². The molecule has 24 heavy (non-hydrogen) atoms. The van der Waals surface area contributed by atoms with Gasteiger partial charge in [0.25, 0.3) is 17.5 Å². The highest BCUT2D eigenvalue weighted by atomic mass is 35.5. The number of anilines is 1. The molecule has 0 aliphatic rings. The van der Waals surface area contributed by atoms with Crippen LogP contribution >= 0.6 is 11.6 Å². The molecule has 0 bridgehead atoms. The predicted molar refractivity (Wildman–Crippen MR) is 88.3 cm³/mol. The van der Waals surface area contributed by atoms with Crippen molar-refractivity contribution in [1.29, 1.82) is 0 Å². The number of halogens is 1. The van der Waals surface area contributed by atoms with E-state index in [2.05, 4.69) is 10.3 Å². The van der Waals surface area contributed by atoms with Crippen LogP contribution in [-0.4, -0.2) is 40.7 Å². The Bertz CT molecular complexity index is 823. The summed E-state index contributed by atoms with van der Waals surface area (Å²) in [4.78, 5) is 39.7. The molecular formula is C15H13ClN4O4. The van der Waals surface area contributed by atoms with Crippen molar-refractivity contribution in [3.05, 3.63) is 62.9 Å². The molecule has 124 valence electrons. The van der Waals surface area contributed by atoms with Crippen LogP contribution in [0.15, 0.2) is 36.5 Å². The van der Waals surface area contributed by atoms with E-state index in [-0.39, 0.29) is 27.9 Å². The average Bonchev–Trinajstić information content (AvgIpc) is 2.54. The Morgan fingerprint density at radius 1 is 1.25 bits per heavy atom. The zero-order valence-corrected chi connectivity index (χ0v) is 13.6. The van der Waals surface area contributed by atoms with Crippen molar-refractivity contribution in [2.75, 3.05) is 19.4 Å². The number of carbonyl (C=O) groups is 2. The number of hydrogen-bond donors (Lipinski definition) is 1. The van der Waals surface area contributed by atoms with Gasteiger partial charge in [0.15, 0.2) is 0 Å². The van der Waals surface area contributed by atoms with Crippen molar-refractivity contribution in [3.63, 3.8) is 0 Å². The second kappa shape index (κ2) is 7.05. The molecule has 1 aromatic carbocycles. The number of carbonyl (C=O) groups excluding carboxylic acids is 2. The van der Waals surface area contributed by atoms with Crippen LogP contribution in [0.1, 0.15) is 20.8 Å². The highest BCUT2D eigenvalue weighted by Crippen LogP contribution is 2.23. The third kappa shape index (κ3) is 3.85. The SMILES string of the molecule is CN(C)C(=O)c1cc(NC(=O)c2cc([N+](=O)[O-])ccc2Cl)ccn1. The Kier molecular flexibility index (Phi) is 5.10. The summed E-state index contributed by atoms with van der Waals surface area (Å²) in [6.45, 7) is 0. The first-order valence-electron chi connectivity index (χ1n) is 6.72. The van der Waals surface area contributed by atoms with Gasteiger partial charge in [-0.05, 0) is 18.2 Å². The molecule has 1 aromatic heterocycles. The Balaban J connectivity index is 2.27. The molecule has 0 fully saturated rings. The van der Waals surface area contributed by atoms with Crippen LogP contribution in [0, 0.1) is 10.1 Å². The summed E-state index contributed by atoms with van der Waals surface area (Å²) in [6, 6.07) is 6.48. The predicted octanol–water partition coefficient (Wildman–Crippen LogP) is 2.60. The Hall–Kier alpha value is -3.00. The molecule has 9 heteroatoms. The van der Waals surface area contributed by atoms with E-state index < -0.39 is 10.8 Å². The van der Waals surface area contributed by atoms with Gasteiger partial charge in [-0.1, -0.05) is 11.6 Å². The second-order valence-electron chi connectivity index (χ2n) is 5.00. The number of nitro benzene ring substituents is 1. The normalized spacial score (nSPS) is 10.1. The molecule has 2 aromatic rings. The number of aromatic nitrogens is 1. The van der Waals surface area contributed by atoms with Gasteiger partial charge in [0.05, 0.1) is 15.5 Å². The summed E-state index contributed by atoms with van der Waals surface area (Å²) in [5.41, 5.74) is 0.191. The largest absolute Gasteiger partial charge is 0.343 e. The fraction of sp³-hybridized carbons (Fsp3) is 0.133. The van der Waals surface area contributed by atoms with Crippen molar-refractivity contribution in [1.82, 2.24) is 9.88 Å². The molecule has 1 heterocycles. The van der Waals surface area contributed by atoms with Gasteiger partial charge in [-0.25, -0.2) is 0 Å². The number of rotatable bonds is 4. The number of hydrogen-bond acceptors (Lipinski definition) is 5. The van der Waals surface area contributed by atoms with Crippen LogP contribution in [0.5, 0.6) is 0 Å². The lowest BCUT2D eigenvalue weighted by atomic mass is 10.2. The molecule has 0 spiro atoms. The summed E-state index contributed by atoms with van der Waals surface area (Å²) < 4.78 is 0. The quantitative estimate of drug-likeness (QED) is 0.675. The molecule has 0 atom stereocenters. The molecule has 0 saturated carbocycles. The van der Waals surface area contributed by atoms with Crippen LogP contribution in [0.3, 0.4) is 0 Å². The zero-order valence-electron chi connectivity index (χ0n) is 12.8. The van der Waals surface area contributed by atoms with E-state index in [1.807, 2.05) is 0 Å². The Morgan fingerprint density at radius 2 is 1.96 bits per heavy atom. The van der Waals surface area contributed by atoms with Crippen LogP contribution in [0.4, 0.5) is 11.4 Å². The minimum Gasteiger partial charge on any atom is -0.343 e. The lowest BCUT2D eigenvalue weighted by Crippen LogP contribution is -2.23. The van der Waals surface area contributed by atoms with Gasteiger partial charge >= 0.3 is 0 Å². The van der Waals surface area contributed by atoms with Crippen LogP contribution in [0.2, 0.25) is 5.02 Å². The molecular weight excluding hydrogens is 336 g/mol. The highest BCUT2D eigenvalue weighted by molar-refractivity contribution is 6.34. The molecule has 0 unspecified atom stereocenters. The van der Waals surface area contributed by atoms with Crippen molar-refractivity contribution in [3.8, 4) is 0 Å². The van der Waals surface area contributed by atoms with Crippen molar-refractivity contribution < 1.29 is 14.5 Å². The Labute approximate surface area is 142 Å². The van der Waals surface area contributed by atoms with Crippen molar-refractivity contribution in [2.45, 2.75) is 0 Å². The topological polar surface area (TPSA) is 105 Å². The summed E-state index contributed by atoms with van der Waals surface area (Å²) >= 11 is 5.93. The van der Waals surface area contributed by atoms with Gasteiger partial charge in [0, 0.05) is 38.1 Å². The smallest absolute Gasteiger partial charge is 0.272 e. The molecule has 0 radical (unpaired) electrons. The number of nitro groups is 1. The average molecular weight is 349 g/mol. The third-order valence-electron chi connectivity index (χ3n) is 3.05. The summed E-state index contributed by atoms with van der Waals surface area (Å²) in [7, 11) is 3.16. The van der Waals surface area contributed by atoms with E-state index in [4.69, 9.17) is 11.6 Å². The van der Waals surface area contributed by atoms with Gasteiger partial charge in [0.1, 0.15) is 5.69 Å².